The van der Waals surface area contributed by atoms with Gasteiger partial charge < -0.3 is 10.4 Å². The lowest BCUT2D eigenvalue weighted by molar-refractivity contribution is -0.151. The van der Waals surface area contributed by atoms with E-state index in [1.54, 1.807) is 20.8 Å². The van der Waals surface area contributed by atoms with Crippen LogP contribution in [0.2, 0.25) is 0 Å². The minimum absolute atomic E-state index is 0.344. The summed E-state index contributed by atoms with van der Waals surface area (Å²) in [5, 5.41) is 11.9. The van der Waals surface area contributed by atoms with Crippen LogP contribution in [0, 0.1) is 11.3 Å². The maximum atomic E-state index is 12.1. The smallest absolute Gasteiger partial charge is 0.316 e. The summed E-state index contributed by atoms with van der Waals surface area (Å²) >= 11 is 0. The van der Waals surface area contributed by atoms with Crippen LogP contribution in [0.5, 0.6) is 0 Å². The van der Waals surface area contributed by atoms with Gasteiger partial charge in [0.25, 0.3) is 0 Å². The zero-order valence-corrected chi connectivity index (χ0v) is 13.4. The van der Waals surface area contributed by atoms with Crippen molar-refractivity contribution in [2.24, 2.45) is 11.3 Å². The summed E-state index contributed by atoms with van der Waals surface area (Å²) in [7, 11) is 0. The molecule has 116 valence electrons. The molecule has 4 nitrogen and oxygen atoms in total. The Bertz CT molecular complexity index is 498. The number of rotatable bonds is 5. The van der Waals surface area contributed by atoms with Crippen LogP contribution in [-0.2, 0) is 16.1 Å². The van der Waals surface area contributed by atoms with E-state index in [0.29, 0.717) is 12.5 Å². The van der Waals surface area contributed by atoms with E-state index in [1.807, 2.05) is 24.3 Å². The summed E-state index contributed by atoms with van der Waals surface area (Å²) in [6.07, 6.45) is 0. The highest BCUT2D eigenvalue weighted by Crippen LogP contribution is 2.26. The van der Waals surface area contributed by atoms with Crippen LogP contribution in [-0.4, -0.2) is 17.0 Å². The molecule has 0 saturated carbocycles. The summed E-state index contributed by atoms with van der Waals surface area (Å²) in [6.45, 7) is 9.85. The molecular formula is C17H25NO3. The predicted octanol–water partition coefficient (Wildman–Crippen LogP) is 3.17. The van der Waals surface area contributed by atoms with Gasteiger partial charge in [-0.1, -0.05) is 58.9 Å². The van der Waals surface area contributed by atoms with E-state index >= 15 is 0 Å². The second-order valence-corrected chi connectivity index (χ2v) is 6.75. The van der Waals surface area contributed by atoms with Crippen molar-refractivity contribution in [1.82, 2.24) is 5.32 Å². The number of carboxylic acids is 1. The molecule has 1 atom stereocenters. The van der Waals surface area contributed by atoms with Gasteiger partial charge in [-0.05, 0) is 22.5 Å². The first-order valence-corrected chi connectivity index (χ1v) is 7.22. The molecule has 0 heterocycles. The van der Waals surface area contributed by atoms with E-state index in [9.17, 15) is 14.7 Å². The Morgan fingerprint density at radius 2 is 1.67 bits per heavy atom. The maximum Gasteiger partial charge on any atom is 0.316 e. The Labute approximate surface area is 126 Å². The summed E-state index contributed by atoms with van der Waals surface area (Å²) in [5.41, 5.74) is 1.59. The molecule has 0 fully saturated rings. The monoisotopic (exact) mass is 291 g/mol. The van der Waals surface area contributed by atoms with Crippen molar-refractivity contribution >= 4 is 11.9 Å². The molecule has 21 heavy (non-hydrogen) atoms. The molecule has 1 aromatic rings. The van der Waals surface area contributed by atoms with Gasteiger partial charge in [-0.15, -0.1) is 0 Å². The van der Waals surface area contributed by atoms with Crippen LogP contribution >= 0.6 is 0 Å². The molecule has 1 unspecified atom stereocenters. The molecule has 0 aliphatic rings. The summed E-state index contributed by atoms with van der Waals surface area (Å²) in [5.74, 6) is -2.11. The van der Waals surface area contributed by atoms with Gasteiger partial charge in [0, 0.05) is 6.54 Å². The maximum absolute atomic E-state index is 12.1. The van der Waals surface area contributed by atoms with Crippen LogP contribution in [0.4, 0.5) is 0 Å². The van der Waals surface area contributed by atoms with Crippen LogP contribution < -0.4 is 5.32 Å². The zero-order chi connectivity index (χ0) is 16.2. The lowest BCUT2D eigenvalue weighted by Gasteiger charge is -2.25. The quantitative estimate of drug-likeness (QED) is 0.819. The molecule has 0 aliphatic carbocycles. The SMILES string of the molecule is CC(C)c1ccc(CNC(=O)C(C(=O)O)C(C)(C)C)cc1. The van der Waals surface area contributed by atoms with Crippen LogP contribution in [0.1, 0.15) is 51.7 Å². The van der Waals surface area contributed by atoms with E-state index in [0.717, 1.165) is 5.56 Å². The van der Waals surface area contributed by atoms with Crippen molar-refractivity contribution in [3.05, 3.63) is 35.4 Å². The molecule has 0 bridgehead atoms. The average molecular weight is 291 g/mol. The fraction of sp³-hybridized carbons (Fsp3) is 0.529. The number of benzene rings is 1. The van der Waals surface area contributed by atoms with Crippen LogP contribution in [0.15, 0.2) is 24.3 Å². The van der Waals surface area contributed by atoms with E-state index in [-0.39, 0.29) is 0 Å². The number of carbonyl (C=O) groups is 2. The van der Waals surface area contributed by atoms with Gasteiger partial charge in [0.1, 0.15) is 5.92 Å². The van der Waals surface area contributed by atoms with Crippen molar-refractivity contribution in [3.63, 3.8) is 0 Å². The fourth-order valence-electron chi connectivity index (χ4n) is 2.19. The lowest BCUT2D eigenvalue weighted by Crippen LogP contribution is -2.42. The first-order valence-electron chi connectivity index (χ1n) is 7.22. The van der Waals surface area contributed by atoms with E-state index in [4.69, 9.17) is 0 Å². The number of nitrogens with one attached hydrogen (secondary N) is 1. The largest absolute Gasteiger partial charge is 0.481 e. The van der Waals surface area contributed by atoms with Gasteiger partial charge in [-0.2, -0.15) is 0 Å². The third-order valence-corrected chi connectivity index (χ3v) is 3.49. The second kappa shape index (κ2) is 6.74. The molecule has 0 radical (unpaired) electrons. The van der Waals surface area contributed by atoms with Gasteiger partial charge in [-0.3, -0.25) is 9.59 Å². The lowest BCUT2D eigenvalue weighted by atomic mass is 9.80. The molecule has 1 aromatic carbocycles. The highest BCUT2D eigenvalue weighted by atomic mass is 16.4. The zero-order valence-electron chi connectivity index (χ0n) is 13.4. The number of carbonyl (C=O) groups excluding carboxylic acids is 1. The molecule has 0 saturated heterocycles. The topological polar surface area (TPSA) is 66.4 Å². The van der Waals surface area contributed by atoms with Crippen molar-refractivity contribution in [3.8, 4) is 0 Å². The van der Waals surface area contributed by atoms with Crippen LogP contribution in [0.25, 0.3) is 0 Å². The molecule has 2 N–H and O–H groups in total. The highest BCUT2D eigenvalue weighted by molar-refractivity contribution is 5.97. The Balaban J connectivity index is 2.69. The first kappa shape index (κ1) is 17.2. The number of carboxylic acid groups (broad SMARTS) is 1. The molecule has 0 aromatic heterocycles. The fourth-order valence-corrected chi connectivity index (χ4v) is 2.19. The van der Waals surface area contributed by atoms with Crippen molar-refractivity contribution in [2.75, 3.05) is 0 Å². The number of hydrogen-bond acceptors (Lipinski definition) is 2. The number of hydrogen-bond donors (Lipinski definition) is 2. The molecule has 4 heteroatoms. The average Bonchev–Trinajstić information content (AvgIpc) is 2.34. The third kappa shape index (κ3) is 4.88. The van der Waals surface area contributed by atoms with Crippen molar-refractivity contribution in [1.29, 1.82) is 0 Å². The van der Waals surface area contributed by atoms with Gasteiger partial charge in [0.05, 0.1) is 0 Å². The molecule has 0 aliphatic heterocycles. The Hall–Kier alpha value is -1.84. The Kier molecular flexibility index (Phi) is 5.53. The van der Waals surface area contributed by atoms with Gasteiger partial charge >= 0.3 is 5.97 Å². The molecule has 0 spiro atoms. The first-order chi connectivity index (χ1) is 9.62. The highest BCUT2D eigenvalue weighted by Gasteiger charge is 2.37. The second-order valence-electron chi connectivity index (χ2n) is 6.75. The molecule has 1 rings (SSSR count). The minimum Gasteiger partial charge on any atom is -0.481 e. The van der Waals surface area contributed by atoms with E-state index < -0.39 is 23.2 Å². The minimum atomic E-state index is -1.09. The summed E-state index contributed by atoms with van der Waals surface area (Å²) < 4.78 is 0. The summed E-state index contributed by atoms with van der Waals surface area (Å²) in [6, 6.07) is 7.99. The van der Waals surface area contributed by atoms with Gasteiger partial charge in [-0.25, -0.2) is 0 Å². The Morgan fingerprint density at radius 3 is 2.05 bits per heavy atom. The molecule has 1 amide bonds. The predicted molar refractivity (Wildman–Crippen MR) is 83.0 cm³/mol. The van der Waals surface area contributed by atoms with Gasteiger partial charge in [0.15, 0.2) is 0 Å². The van der Waals surface area contributed by atoms with Gasteiger partial charge in [0.2, 0.25) is 5.91 Å². The number of amides is 1. The Morgan fingerprint density at radius 1 is 1.14 bits per heavy atom. The van der Waals surface area contributed by atoms with Crippen molar-refractivity contribution < 1.29 is 14.7 Å². The van der Waals surface area contributed by atoms with Crippen molar-refractivity contribution in [2.45, 2.75) is 47.1 Å². The third-order valence-electron chi connectivity index (χ3n) is 3.49. The van der Waals surface area contributed by atoms with E-state index in [2.05, 4.69) is 19.2 Å². The van der Waals surface area contributed by atoms with E-state index in [1.165, 1.54) is 5.56 Å². The normalized spacial score (nSPS) is 13.0. The standard InChI is InChI=1S/C17H25NO3/c1-11(2)13-8-6-12(7-9-13)10-18-15(19)14(16(20)21)17(3,4)5/h6-9,11,14H,10H2,1-5H3,(H,18,19)(H,20,21). The summed E-state index contributed by atoms with van der Waals surface area (Å²) in [4.78, 5) is 23.3. The van der Waals surface area contributed by atoms with Crippen LogP contribution in [0.3, 0.4) is 0 Å². The molecular weight excluding hydrogens is 266 g/mol. The number of aliphatic carboxylic acids is 1.